The van der Waals surface area contributed by atoms with Gasteiger partial charge >= 0.3 is 0 Å². The normalized spacial score (nSPS) is 11.4. The third-order valence-electron chi connectivity index (χ3n) is 1.73. The van der Waals surface area contributed by atoms with Crippen LogP contribution in [0.25, 0.3) is 0 Å². The molecule has 0 unspecified atom stereocenters. The van der Waals surface area contributed by atoms with E-state index >= 15 is 0 Å². The second-order valence-corrected chi connectivity index (χ2v) is 6.41. The zero-order chi connectivity index (χ0) is 12.9. The van der Waals surface area contributed by atoms with Gasteiger partial charge in [-0.2, -0.15) is 0 Å². The zero-order valence-electron chi connectivity index (χ0n) is 9.47. The minimum Gasteiger partial charge on any atom is -0.385 e. The van der Waals surface area contributed by atoms with Crippen LogP contribution in [0.2, 0.25) is 0 Å². The Bertz CT molecular complexity index is 483. The third-order valence-corrected chi connectivity index (χ3v) is 4.32. The van der Waals surface area contributed by atoms with Crippen LogP contribution in [0.15, 0.2) is 4.34 Å². The first-order valence-electron chi connectivity index (χ1n) is 4.76. The molecule has 0 aliphatic carbocycles. The number of methoxy groups -OCH3 is 1. The molecule has 9 heteroatoms. The maximum absolute atomic E-state index is 11.5. The molecule has 1 rings (SSSR count). The second-order valence-electron chi connectivity index (χ2n) is 3.25. The molecule has 1 aromatic rings. The summed E-state index contributed by atoms with van der Waals surface area (Å²) in [5.41, 5.74) is 0. The average Bonchev–Trinajstić information content (AvgIpc) is 2.72. The lowest BCUT2D eigenvalue weighted by atomic mass is 10.4. The fraction of sp³-hybridized carbons (Fsp3) is 0.625. The number of hydrogen-bond donors (Lipinski definition) is 1. The summed E-state index contributed by atoms with van der Waals surface area (Å²) in [5.74, 6) is -0.423. The van der Waals surface area contributed by atoms with Crippen molar-refractivity contribution in [2.75, 3.05) is 26.5 Å². The smallest absolute Gasteiger partial charge is 0.282 e. The Morgan fingerprint density at radius 1 is 1.47 bits per heavy atom. The number of carbonyl (C=O) groups is 1. The van der Waals surface area contributed by atoms with Gasteiger partial charge in [0.15, 0.2) is 0 Å². The number of nitrogens with zero attached hydrogens (tertiary/aromatic N) is 2. The highest BCUT2D eigenvalue weighted by Gasteiger charge is 2.18. The van der Waals surface area contributed by atoms with E-state index in [0.717, 1.165) is 17.6 Å². The molecule has 96 valence electrons. The topological polar surface area (TPSA) is 98.2 Å². The summed E-state index contributed by atoms with van der Waals surface area (Å²) in [7, 11) is -1.83. The van der Waals surface area contributed by atoms with Crippen molar-refractivity contribution >= 4 is 27.1 Å². The van der Waals surface area contributed by atoms with Crippen molar-refractivity contribution in [1.82, 2.24) is 15.5 Å². The molecule has 0 aromatic carbocycles. The molecular formula is C8H13N3O4S2. The van der Waals surface area contributed by atoms with Gasteiger partial charge < -0.3 is 10.1 Å². The zero-order valence-corrected chi connectivity index (χ0v) is 11.1. The summed E-state index contributed by atoms with van der Waals surface area (Å²) in [6, 6.07) is 0. The van der Waals surface area contributed by atoms with E-state index in [9.17, 15) is 13.2 Å². The van der Waals surface area contributed by atoms with Crippen LogP contribution >= 0.6 is 11.3 Å². The van der Waals surface area contributed by atoms with Gasteiger partial charge in [0.2, 0.25) is 19.2 Å². The van der Waals surface area contributed by atoms with E-state index in [-0.39, 0.29) is 9.35 Å². The largest absolute Gasteiger partial charge is 0.385 e. The average molecular weight is 279 g/mol. The first-order valence-corrected chi connectivity index (χ1v) is 7.46. The molecule has 0 atom stereocenters. The van der Waals surface area contributed by atoms with Crippen LogP contribution in [0.1, 0.15) is 16.2 Å². The minimum absolute atomic E-state index is 0.0443. The molecule has 0 fully saturated rings. The second kappa shape index (κ2) is 6.03. The molecule has 0 radical (unpaired) electrons. The quantitative estimate of drug-likeness (QED) is 0.718. The van der Waals surface area contributed by atoms with E-state index in [0.29, 0.717) is 19.6 Å². The maximum Gasteiger partial charge on any atom is 0.282 e. The molecule has 0 saturated carbocycles. The molecule has 7 nitrogen and oxygen atoms in total. The molecule has 1 heterocycles. The molecule has 0 aliphatic rings. The molecule has 0 aliphatic heterocycles. The number of amides is 1. The summed E-state index contributed by atoms with van der Waals surface area (Å²) in [5, 5.41) is 9.61. The Morgan fingerprint density at radius 2 is 2.18 bits per heavy atom. The number of rotatable bonds is 6. The van der Waals surface area contributed by atoms with Gasteiger partial charge in [-0.1, -0.05) is 11.3 Å². The molecule has 1 amide bonds. The standard InChI is InChI=1S/C8H13N3O4S2/c1-15-5-3-4-9-6(12)7-10-11-8(16-7)17(2,13)14/h3-5H2,1-2H3,(H,9,12). The Balaban J connectivity index is 2.56. The fourth-order valence-corrected chi connectivity index (χ4v) is 2.47. The van der Waals surface area contributed by atoms with Gasteiger partial charge in [0.05, 0.1) is 0 Å². The van der Waals surface area contributed by atoms with Gasteiger partial charge in [0, 0.05) is 26.5 Å². The van der Waals surface area contributed by atoms with Crippen LogP contribution in [0.5, 0.6) is 0 Å². The Hall–Kier alpha value is -1.06. The van der Waals surface area contributed by atoms with Crippen molar-refractivity contribution in [3.63, 3.8) is 0 Å². The summed E-state index contributed by atoms with van der Waals surface area (Å²) in [6.07, 6.45) is 1.70. The fourth-order valence-electron chi connectivity index (χ4n) is 0.945. The Morgan fingerprint density at radius 3 is 2.71 bits per heavy atom. The van der Waals surface area contributed by atoms with E-state index in [1.807, 2.05) is 0 Å². The van der Waals surface area contributed by atoms with Crippen molar-refractivity contribution in [1.29, 1.82) is 0 Å². The summed E-state index contributed by atoms with van der Waals surface area (Å²) in [4.78, 5) is 11.5. The first kappa shape index (κ1) is 14.0. The molecule has 17 heavy (non-hydrogen) atoms. The summed E-state index contributed by atoms with van der Waals surface area (Å²) >= 11 is 0.758. The van der Waals surface area contributed by atoms with Gasteiger partial charge in [-0.05, 0) is 6.42 Å². The maximum atomic E-state index is 11.5. The van der Waals surface area contributed by atoms with Crippen LogP contribution < -0.4 is 5.32 Å². The van der Waals surface area contributed by atoms with Crippen LogP contribution in [-0.4, -0.2) is 51.0 Å². The number of sulfone groups is 1. The van der Waals surface area contributed by atoms with Crippen LogP contribution in [0, 0.1) is 0 Å². The highest BCUT2D eigenvalue weighted by Crippen LogP contribution is 2.14. The van der Waals surface area contributed by atoms with E-state index in [2.05, 4.69) is 15.5 Å². The first-order chi connectivity index (χ1) is 7.95. The van der Waals surface area contributed by atoms with E-state index in [4.69, 9.17) is 4.74 Å². The Labute approximate surface area is 103 Å². The van der Waals surface area contributed by atoms with Gasteiger partial charge in [0.25, 0.3) is 5.91 Å². The predicted molar refractivity (Wildman–Crippen MR) is 61.8 cm³/mol. The van der Waals surface area contributed by atoms with Gasteiger partial charge in [-0.15, -0.1) is 10.2 Å². The third kappa shape index (κ3) is 4.36. The lowest BCUT2D eigenvalue weighted by Gasteiger charge is -2.00. The van der Waals surface area contributed by atoms with Crippen molar-refractivity contribution in [3.8, 4) is 0 Å². The van der Waals surface area contributed by atoms with Gasteiger partial charge in [-0.25, -0.2) is 8.42 Å². The van der Waals surface area contributed by atoms with Crippen LogP contribution in [-0.2, 0) is 14.6 Å². The molecule has 1 aromatic heterocycles. The van der Waals surface area contributed by atoms with Crippen molar-refractivity contribution in [2.24, 2.45) is 0 Å². The molecule has 0 saturated heterocycles. The minimum atomic E-state index is -3.40. The predicted octanol–water partition coefficient (Wildman–Crippen LogP) is -0.292. The van der Waals surface area contributed by atoms with Crippen LogP contribution in [0.4, 0.5) is 0 Å². The van der Waals surface area contributed by atoms with Crippen LogP contribution in [0.3, 0.4) is 0 Å². The monoisotopic (exact) mass is 279 g/mol. The summed E-state index contributed by atoms with van der Waals surface area (Å²) in [6.45, 7) is 0.992. The van der Waals surface area contributed by atoms with Gasteiger partial charge in [-0.3, -0.25) is 4.79 Å². The molecule has 0 bridgehead atoms. The van der Waals surface area contributed by atoms with Crippen molar-refractivity contribution in [2.45, 2.75) is 10.8 Å². The van der Waals surface area contributed by atoms with Crippen molar-refractivity contribution in [3.05, 3.63) is 5.01 Å². The Kier molecular flexibility index (Phi) is 4.97. The number of aromatic nitrogens is 2. The number of hydrogen-bond acceptors (Lipinski definition) is 7. The summed E-state index contributed by atoms with van der Waals surface area (Å²) < 4.78 is 26.9. The molecule has 0 spiro atoms. The van der Waals surface area contributed by atoms with Crippen molar-refractivity contribution < 1.29 is 17.9 Å². The molecular weight excluding hydrogens is 266 g/mol. The lowest BCUT2D eigenvalue weighted by Crippen LogP contribution is -2.25. The highest BCUT2D eigenvalue weighted by molar-refractivity contribution is 7.92. The highest BCUT2D eigenvalue weighted by atomic mass is 32.2. The SMILES string of the molecule is COCCCNC(=O)c1nnc(S(C)(=O)=O)s1. The molecule has 1 N–H and O–H groups in total. The number of nitrogens with one attached hydrogen (secondary N) is 1. The van der Waals surface area contributed by atoms with Gasteiger partial charge in [0.1, 0.15) is 0 Å². The van der Waals surface area contributed by atoms with E-state index < -0.39 is 15.7 Å². The number of ether oxygens (including phenoxy) is 1. The van der Waals surface area contributed by atoms with E-state index in [1.54, 1.807) is 7.11 Å². The van der Waals surface area contributed by atoms with E-state index in [1.165, 1.54) is 0 Å². The lowest BCUT2D eigenvalue weighted by molar-refractivity contribution is 0.0947. The number of carbonyl (C=O) groups excluding carboxylic acids is 1.